The number of halogens is 6. The van der Waals surface area contributed by atoms with Gasteiger partial charge in [0.15, 0.2) is 5.78 Å². The number of carbonyl (C=O) groups excluding carboxylic acids is 1. The van der Waals surface area contributed by atoms with Gasteiger partial charge in [-0.15, -0.1) is 0 Å². The summed E-state index contributed by atoms with van der Waals surface area (Å²) in [5, 5.41) is 10.0. The number of nitrogens with zero attached hydrogens (tertiary/aromatic N) is 1. The van der Waals surface area contributed by atoms with Gasteiger partial charge in [-0.3, -0.25) is 4.79 Å². The zero-order valence-corrected chi connectivity index (χ0v) is 19.6. The average molecular weight is 517 g/mol. The quantitative estimate of drug-likeness (QED) is 0.581. The van der Waals surface area contributed by atoms with Crippen LogP contribution < -0.4 is 9.64 Å². The van der Waals surface area contributed by atoms with Gasteiger partial charge in [-0.05, 0) is 43.0 Å². The van der Waals surface area contributed by atoms with Crippen LogP contribution in [0.1, 0.15) is 32.6 Å². The fourth-order valence-corrected chi connectivity index (χ4v) is 4.94. The molecule has 1 unspecified atom stereocenters. The zero-order chi connectivity index (χ0) is 26.5. The molecule has 0 spiro atoms. The molecule has 5 nitrogen and oxygen atoms in total. The largest absolute Gasteiger partial charge is 0.495 e. The second-order valence-electron chi connectivity index (χ2n) is 9.12. The van der Waals surface area contributed by atoms with E-state index in [0.29, 0.717) is 54.8 Å². The van der Waals surface area contributed by atoms with E-state index < -0.39 is 41.6 Å². The number of anilines is 1. The van der Waals surface area contributed by atoms with Crippen LogP contribution in [0, 0.1) is 12.8 Å². The molecule has 1 N–H and O–H groups in total. The number of aryl methyl sites for hydroxylation is 1. The predicted octanol–water partition coefficient (Wildman–Crippen LogP) is 4.75. The van der Waals surface area contributed by atoms with Crippen LogP contribution in [-0.4, -0.2) is 56.7 Å². The second kappa shape index (κ2) is 9.26. The second-order valence-corrected chi connectivity index (χ2v) is 9.12. The van der Waals surface area contributed by atoms with Gasteiger partial charge in [0.25, 0.3) is 5.60 Å². The summed E-state index contributed by atoms with van der Waals surface area (Å²) in [6, 6.07) is 6.23. The maximum Gasteiger partial charge on any atom is 0.430 e. The standard InChI is InChI=1S/C25H25F6NO4/c1-14-3-4-19(23(34,24(26,27)28)25(29,30)31)16(9-14)11-17-10-15-12-20(32-5-7-36-8-6-32)21(35-2)13-18(15)22(17)33/h3-4,9,12-13,17,34H,5-8,10-11H2,1-2H3. The number of hydrogen-bond donors (Lipinski definition) is 1. The normalized spacial score (nSPS) is 19.0. The first-order chi connectivity index (χ1) is 16.8. The van der Waals surface area contributed by atoms with Crippen molar-refractivity contribution < 1.29 is 45.7 Å². The fourth-order valence-electron chi connectivity index (χ4n) is 4.94. The Kier molecular flexibility index (Phi) is 6.76. The summed E-state index contributed by atoms with van der Waals surface area (Å²) in [7, 11) is 1.46. The Morgan fingerprint density at radius 2 is 1.69 bits per heavy atom. The maximum absolute atomic E-state index is 13.6. The average Bonchev–Trinajstić information content (AvgIpc) is 3.11. The molecular weight excluding hydrogens is 492 g/mol. The van der Waals surface area contributed by atoms with Gasteiger partial charge >= 0.3 is 12.4 Å². The van der Waals surface area contributed by atoms with Crippen LogP contribution in [-0.2, 0) is 23.2 Å². The minimum Gasteiger partial charge on any atom is -0.495 e. The molecule has 0 bridgehead atoms. The first kappa shape index (κ1) is 26.3. The number of ketones is 1. The molecule has 2 aliphatic rings. The van der Waals surface area contributed by atoms with E-state index in [-0.39, 0.29) is 12.0 Å². The number of methoxy groups -OCH3 is 1. The van der Waals surface area contributed by atoms with Gasteiger partial charge in [0.05, 0.1) is 26.0 Å². The third-order valence-electron chi connectivity index (χ3n) is 6.80. The summed E-state index contributed by atoms with van der Waals surface area (Å²) in [5.74, 6) is -0.841. The summed E-state index contributed by atoms with van der Waals surface area (Å²) in [6.07, 6.45) is -12.3. The number of rotatable bonds is 5. The molecule has 0 radical (unpaired) electrons. The van der Waals surface area contributed by atoms with E-state index in [1.54, 1.807) is 12.1 Å². The minimum absolute atomic E-state index is 0.138. The number of morpholine rings is 1. The Bertz CT molecular complexity index is 1140. The minimum atomic E-state index is -6.02. The zero-order valence-electron chi connectivity index (χ0n) is 19.6. The number of benzene rings is 2. The third kappa shape index (κ3) is 4.43. The molecule has 1 saturated heterocycles. The van der Waals surface area contributed by atoms with E-state index in [0.717, 1.165) is 17.8 Å². The highest BCUT2D eigenvalue weighted by Gasteiger charge is 2.72. The van der Waals surface area contributed by atoms with E-state index in [4.69, 9.17) is 9.47 Å². The molecule has 0 amide bonds. The van der Waals surface area contributed by atoms with Crippen LogP contribution in [0.25, 0.3) is 0 Å². The molecule has 2 aromatic rings. The molecule has 0 aromatic heterocycles. The maximum atomic E-state index is 13.6. The number of alkyl halides is 6. The number of fused-ring (bicyclic) bond motifs is 1. The molecule has 11 heteroatoms. The highest BCUT2D eigenvalue weighted by atomic mass is 19.4. The smallest absolute Gasteiger partial charge is 0.430 e. The number of aliphatic hydroxyl groups is 1. The van der Waals surface area contributed by atoms with E-state index in [1.165, 1.54) is 14.0 Å². The Morgan fingerprint density at radius 1 is 1.06 bits per heavy atom. The molecule has 1 aliphatic carbocycles. The van der Waals surface area contributed by atoms with Gasteiger partial charge in [-0.1, -0.05) is 23.8 Å². The van der Waals surface area contributed by atoms with Crippen molar-refractivity contribution in [3.05, 3.63) is 58.1 Å². The number of hydrogen-bond acceptors (Lipinski definition) is 5. The van der Waals surface area contributed by atoms with E-state index in [2.05, 4.69) is 0 Å². The van der Waals surface area contributed by atoms with Gasteiger partial charge in [0.2, 0.25) is 0 Å². The molecule has 1 heterocycles. The van der Waals surface area contributed by atoms with Gasteiger partial charge < -0.3 is 19.5 Å². The van der Waals surface area contributed by atoms with Gasteiger partial charge in [0.1, 0.15) is 5.75 Å². The first-order valence-electron chi connectivity index (χ1n) is 11.3. The SMILES string of the molecule is COc1cc2c(cc1N1CCOCC1)CC(Cc1cc(C)ccc1C(O)(C(F)(F)F)C(F)(F)F)C2=O. The van der Waals surface area contributed by atoms with Crippen molar-refractivity contribution in [3.63, 3.8) is 0 Å². The number of carbonyl (C=O) groups is 1. The predicted molar refractivity (Wildman–Crippen MR) is 118 cm³/mol. The van der Waals surface area contributed by atoms with Crippen LogP contribution >= 0.6 is 0 Å². The van der Waals surface area contributed by atoms with Crippen molar-refractivity contribution >= 4 is 11.5 Å². The lowest BCUT2D eigenvalue weighted by Crippen LogP contribution is -2.54. The molecule has 36 heavy (non-hydrogen) atoms. The number of ether oxygens (including phenoxy) is 2. The molecule has 196 valence electrons. The van der Waals surface area contributed by atoms with Gasteiger partial charge in [0, 0.05) is 30.1 Å². The van der Waals surface area contributed by atoms with Crippen molar-refractivity contribution in [3.8, 4) is 5.75 Å². The molecular formula is C25H25F6NO4. The van der Waals surface area contributed by atoms with Crippen LogP contribution in [0.5, 0.6) is 5.75 Å². The lowest BCUT2D eigenvalue weighted by molar-refractivity contribution is -0.376. The lowest BCUT2D eigenvalue weighted by atomic mass is 9.83. The van der Waals surface area contributed by atoms with Crippen molar-refractivity contribution in [2.24, 2.45) is 5.92 Å². The third-order valence-corrected chi connectivity index (χ3v) is 6.80. The monoisotopic (exact) mass is 517 g/mol. The van der Waals surface area contributed by atoms with Crippen LogP contribution in [0.2, 0.25) is 0 Å². The first-order valence-corrected chi connectivity index (χ1v) is 11.3. The summed E-state index contributed by atoms with van der Waals surface area (Å²) in [6.45, 7) is 3.75. The summed E-state index contributed by atoms with van der Waals surface area (Å²) in [5.41, 5.74) is -4.65. The van der Waals surface area contributed by atoms with Crippen LogP contribution in [0.3, 0.4) is 0 Å². The van der Waals surface area contributed by atoms with Crippen molar-refractivity contribution in [1.82, 2.24) is 0 Å². The highest BCUT2D eigenvalue weighted by molar-refractivity contribution is 6.03. The van der Waals surface area contributed by atoms with Crippen LogP contribution in [0.15, 0.2) is 30.3 Å². The van der Waals surface area contributed by atoms with E-state index >= 15 is 0 Å². The Hall–Kier alpha value is -2.79. The van der Waals surface area contributed by atoms with Crippen LogP contribution in [0.4, 0.5) is 32.0 Å². The fraction of sp³-hybridized carbons (Fsp3) is 0.480. The molecule has 1 aliphatic heterocycles. The van der Waals surface area contributed by atoms with Crippen molar-refractivity contribution in [1.29, 1.82) is 0 Å². The van der Waals surface area contributed by atoms with E-state index in [1.807, 2.05) is 4.90 Å². The molecule has 0 saturated carbocycles. The molecule has 4 rings (SSSR count). The Morgan fingerprint density at radius 3 is 2.28 bits per heavy atom. The summed E-state index contributed by atoms with van der Waals surface area (Å²) in [4.78, 5) is 15.2. The van der Waals surface area contributed by atoms with Gasteiger partial charge in [-0.25, -0.2) is 0 Å². The summed E-state index contributed by atoms with van der Waals surface area (Å²) < 4.78 is 92.5. The Labute approximate surface area is 203 Å². The van der Waals surface area contributed by atoms with Gasteiger partial charge in [-0.2, -0.15) is 26.3 Å². The topological polar surface area (TPSA) is 59.0 Å². The van der Waals surface area contributed by atoms with Crippen molar-refractivity contribution in [2.75, 3.05) is 38.3 Å². The number of Topliss-reactive ketones (excluding diaryl/α,β-unsaturated/α-hetero) is 1. The lowest BCUT2D eigenvalue weighted by Gasteiger charge is -2.34. The summed E-state index contributed by atoms with van der Waals surface area (Å²) >= 11 is 0. The van der Waals surface area contributed by atoms with E-state index in [9.17, 15) is 36.2 Å². The van der Waals surface area contributed by atoms with Crippen molar-refractivity contribution in [2.45, 2.75) is 37.7 Å². The highest BCUT2D eigenvalue weighted by Crippen LogP contribution is 2.51. The molecule has 2 aromatic carbocycles. The molecule has 1 fully saturated rings. The Balaban J connectivity index is 1.71. The molecule has 1 atom stereocenters.